The van der Waals surface area contributed by atoms with Crippen molar-refractivity contribution in [3.63, 3.8) is 0 Å². The van der Waals surface area contributed by atoms with Gasteiger partial charge in [-0.2, -0.15) is 0 Å². The highest BCUT2D eigenvalue weighted by Gasteiger charge is 2.58. The number of ether oxygens (including phenoxy) is 2. The average molecular weight is 254 g/mol. The van der Waals surface area contributed by atoms with E-state index in [2.05, 4.69) is 6.92 Å². The molecule has 0 aromatic rings. The normalized spacial score (nSPS) is 29.2. The van der Waals surface area contributed by atoms with Gasteiger partial charge in [0.2, 0.25) is 0 Å². The van der Waals surface area contributed by atoms with Gasteiger partial charge in [-0.3, -0.25) is 0 Å². The first-order valence-electron chi connectivity index (χ1n) is 7.69. The second-order valence-corrected chi connectivity index (χ2v) is 5.61. The van der Waals surface area contributed by atoms with Gasteiger partial charge in [0.25, 0.3) is 0 Å². The van der Waals surface area contributed by atoms with Gasteiger partial charge < -0.3 is 9.47 Å². The third kappa shape index (κ3) is 3.98. The van der Waals surface area contributed by atoms with Crippen molar-refractivity contribution in [1.82, 2.24) is 0 Å². The lowest BCUT2D eigenvalue weighted by molar-refractivity contribution is -0.149. The van der Waals surface area contributed by atoms with Gasteiger partial charge >= 0.3 is 5.97 Å². The number of unbranched alkanes of at least 4 members (excludes halogenated alkanes) is 8. The predicted octanol–water partition coefficient (Wildman–Crippen LogP) is 3.60. The smallest absolute Gasteiger partial charge is 0.338 e. The summed E-state index contributed by atoms with van der Waals surface area (Å²) in [6.07, 6.45) is 12.9. The van der Waals surface area contributed by atoms with Crippen molar-refractivity contribution in [2.24, 2.45) is 0 Å². The maximum atomic E-state index is 11.1. The topological polar surface area (TPSA) is 38.8 Å². The summed E-state index contributed by atoms with van der Waals surface area (Å²) in [4.78, 5) is 11.1. The van der Waals surface area contributed by atoms with Crippen molar-refractivity contribution in [3.8, 4) is 0 Å². The average Bonchev–Trinajstić information content (AvgIpc) is 3.10. The van der Waals surface area contributed by atoms with Gasteiger partial charge in [-0.25, -0.2) is 4.79 Å². The van der Waals surface area contributed by atoms with E-state index in [4.69, 9.17) is 9.47 Å². The molecule has 1 unspecified atom stereocenters. The van der Waals surface area contributed by atoms with E-state index in [9.17, 15) is 4.79 Å². The minimum Gasteiger partial charge on any atom is -0.457 e. The lowest BCUT2D eigenvalue weighted by atomic mass is 10.0. The van der Waals surface area contributed by atoms with Gasteiger partial charge in [-0.15, -0.1) is 0 Å². The van der Waals surface area contributed by atoms with Gasteiger partial charge in [0.1, 0.15) is 12.2 Å². The van der Waals surface area contributed by atoms with E-state index in [1.165, 1.54) is 57.8 Å². The first kappa shape index (κ1) is 13.9. The second kappa shape index (κ2) is 7.13. The number of fused-ring (bicyclic) bond motifs is 1. The largest absolute Gasteiger partial charge is 0.457 e. The van der Waals surface area contributed by atoms with Crippen LogP contribution in [0.15, 0.2) is 0 Å². The standard InChI is InChI=1S/C15H26O3/c1-2-3-4-5-6-7-8-9-10-11-12-13-14(18-13)15(16)17-12/h12-14H,2-11H2,1H3/t12?,13-,14-/m0/s1. The molecule has 0 aromatic carbocycles. The number of rotatable bonds is 10. The van der Waals surface area contributed by atoms with Crippen molar-refractivity contribution in [2.45, 2.75) is 89.4 Å². The molecule has 0 aliphatic carbocycles. The number of epoxide rings is 1. The van der Waals surface area contributed by atoms with E-state index in [-0.39, 0.29) is 24.3 Å². The third-order valence-corrected chi connectivity index (χ3v) is 3.98. The van der Waals surface area contributed by atoms with Gasteiger partial charge in [-0.05, 0) is 12.8 Å². The Labute approximate surface area is 110 Å². The Morgan fingerprint density at radius 3 is 2.06 bits per heavy atom. The van der Waals surface area contributed by atoms with Crippen LogP contribution in [-0.2, 0) is 14.3 Å². The van der Waals surface area contributed by atoms with Crippen LogP contribution in [-0.4, -0.2) is 24.3 Å². The van der Waals surface area contributed by atoms with Crippen molar-refractivity contribution >= 4 is 5.97 Å². The molecule has 0 amide bonds. The van der Waals surface area contributed by atoms with Gasteiger partial charge in [0.15, 0.2) is 6.10 Å². The molecule has 2 rings (SSSR count). The fraction of sp³-hybridized carbons (Fsp3) is 0.933. The molecule has 3 nitrogen and oxygen atoms in total. The Hall–Kier alpha value is -0.570. The van der Waals surface area contributed by atoms with E-state index in [1.807, 2.05) is 0 Å². The number of carbonyl (C=O) groups is 1. The Morgan fingerprint density at radius 1 is 0.944 bits per heavy atom. The number of esters is 1. The van der Waals surface area contributed by atoms with Crippen LogP contribution in [0.3, 0.4) is 0 Å². The monoisotopic (exact) mass is 254 g/mol. The highest BCUT2D eigenvalue weighted by atomic mass is 16.7. The highest BCUT2D eigenvalue weighted by molar-refractivity contribution is 5.81. The van der Waals surface area contributed by atoms with E-state index >= 15 is 0 Å². The maximum absolute atomic E-state index is 11.1. The molecule has 2 fully saturated rings. The van der Waals surface area contributed by atoms with Gasteiger partial charge in [0.05, 0.1) is 0 Å². The fourth-order valence-electron chi connectivity index (χ4n) is 2.76. The summed E-state index contributed by atoms with van der Waals surface area (Å²) in [7, 11) is 0. The summed E-state index contributed by atoms with van der Waals surface area (Å²) < 4.78 is 10.5. The molecule has 3 heteroatoms. The molecule has 0 aromatic heterocycles. The van der Waals surface area contributed by atoms with E-state index in [0.29, 0.717) is 0 Å². The van der Waals surface area contributed by atoms with Crippen molar-refractivity contribution in [3.05, 3.63) is 0 Å². The van der Waals surface area contributed by atoms with Crippen LogP contribution in [0.5, 0.6) is 0 Å². The summed E-state index contributed by atoms with van der Waals surface area (Å²) in [5.74, 6) is -0.138. The van der Waals surface area contributed by atoms with Crippen LogP contribution in [0.4, 0.5) is 0 Å². The second-order valence-electron chi connectivity index (χ2n) is 5.61. The first-order valence-corrected chi connectivity index (χ1v) is 7.69. The lowest BCUT2D eigenvalue weighted by Gasteiger charge is -2.10. The minimum atomic E-state index is -0.200. The fourth-order valence-corrected chi connectivity index (χ4v) is 2.76. The molecule has 2 heterocycles. The number of hydrogen-bond donors (Lipinski definition) is 0. The number of hydrogen-bond acceptors (Lipinski definition) is 3. The van der Waals surface area contributed by atoms with E-state index in [0.717, 1.165) is 6.42 Å². The molecule has 0 saturated carbocycles. The van der Waals surface area contributed by atoms with Crippen molar-refractivity contribution in [1.29, 1.82) is 0 Å². The van der Waals surface area contributed by atoms with E-state index < -0.39 is 0 Å². The Morgan fingerprint density at radius 2 is 1.56 bits per heavy atom. The SMILES string of the molecule is CCCCCCCCCCCC1OC(=O)[C@H]2O[C@@H]12. The molecule has 0 bridgehead atoms. The minimum absolute atomic E-state index is 0.0621. The molecule has 2 aliphatic rings. The Bertz CT molecular complexity index is 264. The molecule has 2 saturated heterocycles. The molecule has 3 atom stereocenters. The zero-order chi connectivity index (χ0) is 12.8. The number of cyclic esters (lactones) is 1. The van der Waals surface area contributed by atoms with Gasteiger partial charge in [-0.1, -0.05) is 58.3 Å². The summed E-state index contributed by atoms with van der Waals surface area (Å²) in [5.41, 5.74) is 0. The summed E-state index contributed by atoms with van der Waals surface area (Å²) in [6, 6.07) is 0. The molecule has 2 aliphatic heterocycles. The third-order valence-electron chi connectivity index (χ3n) is 3.98. The molecular formula is C15H26O3. The molecular weight excluding hydrogens is 228 g/mol. The first-order chi connectivity index (χ1) is 8.83. The lowest BCUT2D eigenvalue weighted by Crippen LogP contribution is -2.15. The molecule has 0 N–H and O–H groups in total. The molecule has 104 valence electrons. The quantitative estimate of drug-likeness (QED) is 0.340. The van der Waals surface area contributed by atoms with Crippen LogP contribution in [0, 0.1) is 0 Å². The molecule has 18 heavy (non-hydrogen) atoms. The van der Waals surface area contributed by atoms with E-state index in [1.54, 1.807) is 0 Å². The summed E-state index contributed by atoms with van der Waals surface area (Å²) >= 11 is 0. The number of carbonyl (C=O) groups excluding carboxylic acids is 1. The zero-order valence-corrected chi connectivity index (χ0v) is 11.5. The Kier molecular flexibility index (Phi) is 5.48. The van der Waals surface area contributed by atoms with Crippen LogP contribution in [0.1, 0.15) is 71.1 Å². The highest BCUT2D eigenvalue weighted by Crippen LogP contribution is 2.37. The van der Waals surface area contributed by atoms with Crippen molar-refractivity contribution in [2.75, 3.05) is 0 Å². The molecule has 0 spiro atoms. The molecule has 0 radical (unpaired) electrons. The summed E-state index contributed by atoms with van der Waals surface area (Å²) in [6.45, 7) is 2.25. The Balaban J connectivity index is 1.37. The summed E-state index contributed by atoms with van der Waals surface area (Å²) in [5, 5.41) is 0. The van der Waals surface area contributed by atoms with Crippen LogP contribution >= 0.6 is 0 Å². The van der Waals surface area contributed by atoms with Crippen LogP contribution in [0.2, 0.25) is 0 Å². The zero-order valence-electron chi connectivity index (χ0n) is 11.5. The van der Waals surface area contributed by atoms with Gasteiger partial charge in [0, 0.05) is 0 Å². The van der Waals surface area contributed by atoms with Crippen LogP contribution in [0.25, 0.3) is 0 Å². The maximum Gasteiger partial charge on any atom is 0.338 e. The predicted molar refractivity (Wildman–Crippen MR) is 70.4 cm³/mol. The van der Waals surface area contributed by atoms with Crippen molar-refractivity contribution < 1.29 is 14.3 Å². The van der Waals surface area contributed by atoms with Crippen LogP contribution < -0.4 is 0 Å².